The molecule has 0 heterocycles. The first-order valence-corrected chi connectivity index (χ1v) is 5.85. The second-order valence-corrected chi connectivity index (χ2v) is 5.04. The van der Waals surface area contributed by atoms with Crippen molar-refractivity contribution in [3.8, 4) is 0 Å². The first-order valence-electron chi connectivity index (χ1n) is 5.85. The molecule has 2 aliphatic carbocycles. The van der Waals surface area contributed by atoms with Crippen molar-refractivity contribution in [2.24, 2.45) is 11.7 Å². The molecule has 0 aliphatic heterocycles. The number of carbonyl (C=O) groups excluding carboxylic acids is 1. The van der Waals surface area contributed by atoms with E-state index < -0.39 is 5.54 Å². The van der Waals surface area contributed by atoms with Gasteiger partial charge in [-0.25, -0.2) is 0 Å². The highest BCUT2D eigenvalue weighted by atomic mass is 16.3. The van der Waals surface area contributed by atoms with Crippen molar-refractivity contribution in [1.82, 2.24) is 5.32 Å². The van der Waals surface area contributed by atoms with Gasteiger partial charge in [0.1, 0.15) is 0 Å². The minimum absolute atomic E-state index is 0.00798. The Bertz CT molecular complexity index is 243. The summed E-state index contributed by atoms with van der Waals surface area (Å²) in [6, 6.07) is 0. The van der Waals surface area contributed by atoms with Crippen molar-refractivity contribution in [3.63, 3.8) is 0 Å². The van der Waals surface area contributed by atoms with E-state index in [1.807, 2.05) is 0 Å². The zero-order chi connectivity index (χ0) is 10.9. The van der Waals surface area contributed by atoms with Crippen molar-refractivity contribution < 1.29 is 9.90 Å². The smallest absolute Gasteiger partial charge is 0.240 e. The van der Waals surface area contributed by atoms with E-state index in [0.29, 0.717) is 5.92 Å². The van der Waals surface area contributed by atoms with Crippen LogP contribution >= 0.6 is 0 Å². The lowest BCUT2D eigenvalue weighted by Gasteiger charge is -2.25. The van der Waals surface area contributed by atoms with Crippen molar-refractivity contribution in [1.29, 1.82) is 0 Å². The molecule has 0 aromatic rings. The number of aliphatic hydroxyl groups excluding tert-OH is 1. The number of amides is 1. The average molecular weight is 212 g/mol. The van der Waals surface area contributed by atoms with Crippen LogP contribution in [0.25, 0.3) is 0 Å². The van der Waals surface area contributed by atoms with Gasteiger partial charge in [-0.1, -0.05) is 0 Å². The van der Waals surface area contributed by atoms with Crippen LogP contribution in [-0.4, -0.2) is 29.2 Å². The molecule has 0 radical (unpaired) electrons. The van der Waals surface area contributed by atoms with Crippen molar-refractivity contribution in [3.05, 3.63) is 0 Å². The van der Waals surface area contributed by atoms with Gasteiger partial charge in [0.2, 0.25) is 5.91 Å². The largest absolute Gasteiger partial charge is 0.393 e. The van der Waals surface area contributed by atoms with Gasteiger partial charge in [0.15, 0.2) is 0 Å². The second kappa shape index (κ2) is 4.10. The molecule has 4 N–H and O–H groups in total. The van der Waals surface area contributed by atoms with Crippen molar-refractivity contribution in [2.45, 2.75) is 50.2 Å². The topological polar surface area (TPSA) is 75.4 Å². The van der Waals surface area contributed by atoms with Crippen LogP contribution in [0.15, 0.2) is 0 Å². The summed E-state index contributed by atoms with van der Waals surface area (Å²) in [6.45, 7) is 0.727. The summed E-state index contributed by atoms with van der Waals surface area (Å²) in [7, 11) is 0. The molecule has 4 heteroatoms. The summed E-state index contributed by atoms with van der Waals surface area (Å²) in [5, 5.41) is 12.3. The highest BCUT2D eigenvalue weighted by molar-refractivity contribution is 5.88. The molecule has 1 amide bonds. The number of hydrogen-bond acceptors (Lipinski definition) is 3. The summed E-state index contributed by atoms with van der Waals surface area (Å²) in [6.07, 6.45) is 5.28. The molecule has 0 aromatic carbocycles. The molecule has 2 rings (SSSR count). The summed E-state index contributed by atoms with van der Waals surface area (Å²) < 4.78 is 0. The molecule has 0 spiro atoms. The van der Waals surface area contributed by atoms with E-state index >= 15 is 0 Å². The van der Waals surface area contributed by atoms with E-state index in [2.05, 4.69) is 5.32 Å². The van der Waals surface area contributed by atoms with Gasteiger partial charge in [-0.15, -0.1) is 0 Å². The Hall–Kier alpha value is -0.610. The average Bonchev–Trinajstić information content (AvgIpc) is 2.97. The number of rotatable bonds is 3. The summed E-state index contributed by atoms with van der Waals surface area (Å²) >= 11 is 0. The zero-order valence-electron chi connectivity index (χ0n) is 9.04. The van der Waals surface area contributed by atoms with E-state index in [4.69, 9.17) is 5.73 Å². The molecule has 0 unspecified atom stereocenters. The fraction of sp³-hybridized carbons (Fsp3) is 0.909. The van der Waals surface area contributed by atoms with Gasteiger partial charge >= 0.3 is 0 Å². The van der Waals surface area contributed by atoms with Crippen LogP contribution in [0.5, 0.6) is 0 Å². The molecular weight excluding hydrogens is 192 g/mol. The first-order chi connectivity index (χ1) is 7.10. The molecule has 0 atom stereocenters. The van der Waals surface area contributed by atoms with Gasteiger partial charge in [0.05, 0.1) is 11.6 Å². The number of carbonyl (C=O) groups is 1. The highest BCUT2D eigenvalue weighted by Crippen LogP contribution is 2.32. The van der Waals surface area contributed by atoms with Gasteiger partial charge in [-0.3, -0.25) is 4.79 Å². The van der Waals surface area contributed by atoms with E-state index in [1.165, 1.54) is 0 Å². The van der Waals surface area contributed by atoms with Crippen LogP contribution in [0.1, 0.15) is 38.5 Å². The predicted molar refractivity (Wildman–Crippen MR) is 57.1 cm³/mol. The fourth-order valence-corrected chi connectivity index (χ4v) is 2.12. The second-order valence-electron chi connectivity index (χ2n) is 5.04. The number of aliphatic hydroxyl groups is 1. The zero-order valence-corrected chi connectivity index (χ0v) is 9.04. The van der Waals surface area contributed by atoms with Crippen LogP contribution in [-0.2, 0) is 4.79 Å². The quantitative estimate of drug-likeness (QED) is 0.623. The Kier molecular flexibility index (Phi) is 2.98. The Labute approximate surface area is 90.2 Å². The number of hydrogen-bond donors (Lipinski definition) is 3. The maximum atomic E-state index is 11.5. The molecule has 2 fully saturated rings. The highest BCUT2D eigenvalue weighted by Gasteiger charge is 2.45. The Balaban J connectivity index is 1.67. The maximum Gasteiger partial charge on any atom is 0.240 e. The summed E-state index contributed by atoms with van der Waals surface area (Å²) in [5.41, 5.74) is 5.23. The van der Waals surface area contributed by atoms with Gasteiger partial charge in [-0.05, 0) is 44.4 Å². The lowest BCUT2D eigenvalue weighted by molar-refractivity contribution is -0.123. The third-order valence-electron chi connectivity index (χ3n) is 3.61. The van der Waals surface area contributed by atoms with Crippen LogP contribution in [0.3, 0.4) is 0 Å². The predicted octanol–water partition coefficient (Wildman–Crippen LogP) is 0.145. The molecule has 2 aliphatic rings. The molecule has 0 aromatic heterocycles. The Morgan fingerprint density at radius 2 is 1.93 bits per heavy atom. The number of nitrogens with two attached hydrogens (primary N) is 1. The minimum Gasteiger partial charge on any atom is -0.393 e. The van der Waals surface area contributed by atoms with E-state index in [-0.39, 0.29) is 12.0 Å². The first kappa shape index (κ1) is 10.9. The molecule has 4 nitrogen and oxygen atoms in total. The van der Waals surface area contributed by atoms with E-state index in [1.54, 1.807) is 0 Å². The lowest BCUT2D eigenvalue weighted by atomic mass is 9.87. The molecular formula is C11H20N2O2. The maximum absolute atomic E-state index is 11.5. The minimum atomic E-state index is -0.547. The van der Waals surface area contributed by atoms with E-state index in [0.717, 1.165) is 45.1 Å². The van der Waals surface area contributed by atoms with E-state index in [9.17, 15) is 9.90 Å². The third kappa shape index (κ3) is 2.69. The van der Waals surface area contributed by atoms with Gasteiger partial charge in [0.25, 0.3) is 0 Å². The monoisotopic (exact) mass is 212 g/mol. The van der Waals surface area contributed by atoms with Gasteiger partial charge < -0.3 is 16.2 Å². The molecule has 15 heavy (non-hydrogen) atoms. The Morgan fingerprint density at radius 1 is 1.33 bits per heavy atom. The molecule has 0 bridgehead atoms. The van der Waals surface area contributed by atoms with Crippen molar-refractivity contribution in [2.75, 3.05) is 6.54 Å². The van der Waals surface area contributed by atoms with Crippen LogP contribution in [0.2, 0.25) is 0 Å². The lowest BCUT2D eigenvalue weighted by Crippen LogP contribution is -2.44. The SMILES string of the molecule is NC1(C(=O)NCC2CCC(O)CC2)CC1. The number of nitrogens with one attached hydrogen (secondary N) is 1. The fourth-order valence-electron chi connectivity index (χ4n) is 2.12. The standard InChI is InChI=1S/C11H20N2O2/c12-11(5-6-11)10(15)13-7-8-1-3-9(14)4-2-8/h8-9,14H,1-7,12H2,(H,13,15). The van der Waals surface area contributed by atoms with Crippen molar-refractivity contribution >= 4 is 5.91 Å². The van der Waals surface area contributed by atoms with Crippen LogP contribution in [0.4, 0.5) is 0 Å². The van der Waals surface area contributed by atoms with Crippen LogP contribution in [0, 0.1) is 5.92 Å². The van der Waals surface area contributed by atoms with Gasteiger partial charge in [0, 0.05) is 6.54 Å². The molecule has 2 saturated carbocycles. The Morgan fingerprint density at radius 3 is 2.47 bits per heavy atom. The van der Waals surface area contributed by atoms with Crippen LogP contribution < -0.4 is 11.1 Å². The van der Waals surface area contributed by atoms with Gasteiger partial charge in [-0.2, -0.15) is 0 Å². The summed E-state index contributed by atoms with van der Waals surface area (Å²) in [5.74, 6) is 0.535. The third-order valence-corrected chi connectivity index (χ3v) is 3.61. The summed E-state index contributed by atoms with van der Waals surface area (Å²) in [4.78, 5) is 11.5. The molecule has 86 valence electrons. The molecule has 0 saturated heterocycles. The normalized spacial score (nSPS) is 33.5.